The largest absolute Gasteiger partial charge is 0.416 e. The summed E-state index contributed by atoms with van der Waals surface area (Å²) in [5.41, 5.74) is 3.83. The number of hydrogen-bond donors (Lipinski definition) is 1. The molecule has 0 saturated carbocycles. The molecule has 1 N–H and O–H groups in total. The van der Waals surface area contributed by atoms with Gasteiger partial charge in [0.15, 0.2) is 0 Å². The molecule has 2 amide bonds. The van der Waals surface area contributed by atoms with Crippen LogP contribution in [0.15, 0.2) is 78.5 Å². The van der Waals surface area contributed by atoms with Gasteiger partial charge in [-0.25, -0.2) is 0 Å². The lowest BCUT2D eigenvalue weighted by atomic mass is 9.86. The van der Waals surface area contributed by atoms with Crippen molar-refractivity contribution >= 4 is 28.8 Å². The van der Waals surface area contributed by atoms with E-state index in [4.69, 9.17) is 0 Å². The van der Waals surface area contributed by atoms with Crippen LogP contribution in [-0.4, -0.2) is 47.9 Å². The first-order chi connectivity index (χ1) is 19.3. The number of benzene rings is 2. The SMILES string of the molecule is O=C(Nc1ccc(N2CCN(C(=O)Cc3ccccn3)CC2)cc1)C1=C(c2ccc(C(F)(F)F)cc2)CCCC1. The average molecular weight is 549 g/mol. The van der Waals surface area contributed by atoms with Gasteiger partial charge in [0.2, 0.25) is 5.91 Å². The Kier molecular flexibility index (Phi) is 8.19. The molecule has 2 aromatic carbocycles. The maximum absolute atomic E-state index is 13.2. The number of carbonyl (C=O) groups excluding carboxylic acids is 2. The van der Waals surface area contributed by atoms with Crippen molar-refractivity contribution in [3.63, 3.8) is 0 Å². The zero-order valence-corrected chi connectivity index (χ0v) is 22.1. The number of aromatic nitrogens is 1. The summed E-state index contributed by atoms with van der Waals surface area (Å²) in [6.45, 7) is 2.68. The van der Waals surface area contributed by atoms with Gasteiger partial charge in [0.25, 0.3) is 5.91 Å². The molecule has 1 aliphatic carbocycles. The first-order valence-corrected chi connectivity index (χ1v) is 13.5. The molecular weight excluding hydrogens is 517 g/mol. The molecule has 0 bridgehead atoms. The number of carbonyl (C=O) groups is 2. The Hall–Kier alpha value is -4.14. The van der Waals surface area contributed by atoms with Gasteiger partial charge < -0.3 is 15.1 Å². The van der Waals surface area contributed by atoms with Crippen molar-refractivity contribution in [1.29, 1.82) is 0 Å². The number of nitrogens with zero attached hydrogens (tertiary/aromatic N) is 3. The molecule has 0 radical (unpaired) electrons. The van der Waals surface area contributed by atoms with Gasteiger partial charge in [-0.15, -0.1) is 0 Å². The molecule has 208 valence electrons. The highest BCUT2D eigenvalue weighted by Crippen LogP contribution is 2.35. The smallest absolute Gasteiger partial charge is 0.368 e. The Bertz CT molecular complexity index is 1360. The molecule has 5 rings (SSSR count). The van der Waals surface area contributed by atoms with Crippen LogP contribution in [-0.2, 0) is 22.2 Å². The van der Waals surface area contributed by atoms with Crippen LogP contribution in [0, 0.1) is 0 Å². The summed E-state index contributed by atoms with van der Waals surface area (Å²) >= 11 is 0. The van der Waals surface area contributed by atoms with Crippen LogP contribution in [0.5, 0.6) is 0 Å². The van der Waals surface area contributed by atoms with E-state index < -0.39 is 11.7 Å². The van der Waals surface area contributed by atoms with Gasteiger partial charge in [-0.1, -0.05) is 18.2 Å². The van der Waals surface area contributed by atoms with Crippen molar-refractivity contribution in [2.24, 2.45) is 0 Å². The number of piperazine rings is 1. The summed E-state index contributed by atoms with van der Waals surface area (Å²) in [5.74, 6) is -0.147. The zero-order valence-electron chi connectivity index (χ0n) is 22.1. The van der Waals surface area contributed by atoms with E-state index in [0.717, 1.165) is 41.9 Å². The predicted molar refractivity (Wildman–Crippen MR) is 149 cm³/mol. The van der Waals surface area contributed by atoms with E-state index in [1.165, 1.54) is 12.1 Å². The highest BCUT2D eigenvalue weighted by atomic mass is 19.4. The van der Waals surface area contributed by atoms with Gasteiger partial charge in [0.05, 0.1) is 12.0 Å². The number of nitrogens with one attached hydrogen (secondary N) is 1. The number of allylic oxidation sites excluding steroid dienone is 1. The molecule has 0 unspecified atom stereocenters. The quantitative estimate of drug-likeness (QED) is 0.413. The fourth-order valence-electron chi connectivity index (χ4n) is 5.28. The van der Waals surface area contributed by atoms with Gasteiger partial charge >= 0.3 is 6.18 Å². The second kappa shape index (κ2) is 11.9. The minimum absolute atomic E-state index is 0.0732. The van der Waals surface area contributed by atoms with Crippen LogP contribution < -0.4 is 10.2 Å². The lowest BCUT2D eigenvalue weighted by molar-refractivity contribution is -0.137. The van der Waals surface area contributed by atoms with E-state index in [0.29, 0.717) is 62.3 Å². The van der Waals surface area contributed by atoms with Crippen LogP contribution in [0.25, 0.3) is 5.57 Å². The Morgan fingerprint density at radius 1 is 0.850 bits per heavy atom. The van der Waals surface area contributed by atoms with Crippen LogP contribution in [0.3, 0.4) is 0 Å². The highest BCUT2D eigenvalue weighted by molar-refractivity contribution is 6.09. The second-order valence-corrected chi connectivity index (χ2v) is 10.1. The summed E-state index contributed by atoms with van der Waals surface area (Å²) in [5, 5.41) is 2.97. The van der Waals surface area contributed by atoms with E-state index in [2.05, 4.69) is 15.2 Å². The second-order valence-electron chi connectivity index (χ2n) is 10.1. The molecule has 6 nitrogen and oxygen atoms in total. The third kappa shape index (κ3) is 6.52. The zero-order chi connectivity index (χ0) is 28.1. The number of pyridine rings is 1. The van der Waals surface area contributed by atoms with Gasteiger partial charge in [-0.3, -0.25) is 14.6 Å². The van der Waals surface area contributed by atoms with Gasteiger partial charge in [-0.05, 0) is 85.4 Å². The van der Waals surface area contributed by atoms with E-state index in [-0.39, 0.29) is 11.8 Å². The van der Waals surface area contributed by atoms with Gasteiger partial charge in [0.1, 0.15) is 0 Å². The number of amides is 2. The standard InChI is InChI=1S/C31H31F3N4O2/c32-31(33,34)23-10-8-22(9-11-23)27-6-1-2-7-28(27)30(40)36-24-12-14-26(15-13-24)37-17-19-38(20-18-37)29(39)21-25-5-3-4-16-35-25/h3-5,8-16H,1-2,6-7,17-21H2,(H,36,40). The number of rotatable bonds is 6. The molecule has 40 heavy (non-hydrogen) atoms. The Morgan fingerprint density at radius 2 is 1.55 bits per heavy atom. The fraction of sp³-hybridized carbons (Fsp3) is 0.323. The predicted octanol–water partition coefficient (Wildman–Crippen LogP) is 5.96. The molecule has 1 fully saturated rings. The van der Waals surface area contributed by atoms with E-state index in [1.54, 1.807) is 6.20 Å². The maximum Gasteiger partial charge on any atom is 0.416 e. The lowest BCUT2D eigenvalue weighted by Crippen LogP contribution is -2.49. The van der Waals surface area contributed by atoms with Gasteiger partial charge in [-0.2, -0.15) is 13.2 Å². The van der Waals surface area contributed by atoms with E-state index in [1.807, 2.05) is 47.4 Å². The third-order valence-corrected chi connectivity index (χ3v) is 7.48. The Morgan fingerprint density at radius 3 is 2.20 bits per heavy atom. The number of alkyl halides is 3. The Balaban J connectivity index is 1.19. The molecule has 1 aliphatic heterocycles. The van der Waals surface area contributed by atoms with E-state index >= 15 is 0 Å². The number of anilines is 2. The van der Waals surface area contributed by atoms with Crippen molar-refractivity contribution in [3.05, 3.63) is 95.3 Å². The minimum atomic E-state index is -4.39. The maximum atomic E-state index is 13.2. The van der Waals surface area contributed by atoms with Crippen molar-refractivity contribution in [3.8, 4) is 0 Å². The first-order valence-electron chi connectivity index (χ1n) is 13.5. The lowest BCUT2D eigenvalue weighted by Gasteiger charge is -2.36. The average Bonchev–Trinajstić information content (AvgIpc) is 2.98. The molecule has 1 aromatic heterocycles. The topological polar surface area (TPSA) is 65.5 Å². The van der Waals surface area contributed by atoms with Crippen LogP contribution in [0.2, 0.25) is 0 Å². The summed E-state index contributed by atoms with van der Waals surface area (Å²) < 4.78 is 38.9. The molecule has 0 atom stereocenters. The first kappa shape index (κ1) is 27.4. The van der Waals surface area contributed by atoms with E-state index in [9.17, 15) is 22.8 Å². The molecule has 0 spiro atoms. The molecule has 2 heterocycles. The molecule has 1 saturated heterocycles. The van der Waals surface area contributed by atoms with Crippen molar-refractivity contribution in [2.75, 3.05) is 36.4 Å². The third-order valence-electron chi connectivity index (χ3n) is 7.48. The summed E-state index contributed by atoms with van der Waals surface area (Å²) in [6, 6.07) is 18.2. The van der Waals surface area contributed by atoms with Gasteiger partial charge in [0, 0.05) is 55.0 Å². The molecule has 9 heteroatoms. The highest BCUT2D eigenvalue weighted by Gasteiger charge is 2.30. The fourth-order valence-corrected chi connectivity index (χ4v) is 5.28. The number of halogens is 3. The van der Waals surface area contributed by atoms with Crippen molar-refractivity contribution < 1.29 is 22.8 Å². The normalized spacial score (nSPS) is 16.2. The Labute approximate surface area is 231 Å². The summed E-state index contributed by atoms with van der Waals surface area (Å²) in [7, 11) is 0. The summed E-state index contributed by atoms with van der Waals surface area (Å²) in [6.07, 6.45) is 0.596. The molecule has 2 aliphatic rings. The number of hydrogen-bond acceptors (Lipinski definition) is 4. The summed E-state index contributed by atoms with van der Waals surface area (Å²) in [4.78, 5) is 34.1. The molecule has 3 aromatic rings. The van der Waals surface area contributed by atoms with Crippen LogP contribution in [0.1, 0.15) is 42.5 Å². The van der Waals surface area contributed by atoms with Crippen LogP contribution >= 0.6 is 0 Å². The molecular formula is C31H31F3N4O2. The minimum Gasteiger partial charge on any atom is -0.368 e. The van der Waals surface area contributed by atoms with Crippen molar-refractivity contribution in [1.82, 2.24) is 9.88 Å². The van der Waals surface area contributed by atoms with Crippen LogP contribution in [0.4, 0.5) is 24.5 Å². The van der Waals surface area contributed by atoms with Crippen molar-refractivity contribution in [2.45, 2.75) is 38.3 Å². The monoisotopic (exact) mass is 548 g/mol.